The standard InChI is InChI=1S/C19H16ClN3O2/c20-17-7-2-1-5-13(17)11-22-18(24)15-9-16(15)19(25)23-14-6-3-4-12(8-14)10-21/h1-8,15-16H,9,11H2,(H,22,24)(H,23,25). The van der Waals surface area contributed by atoms with Crippen molar-refractivity contribution >= 4 is 29.1 Å². The fourth-order valence-electron chi connectivity index (χ4n) is 2.63. The summed E-state index contributed by atoms with van der Waals surface area (Å²) in [6, 6.07) is 16.0. The Labute approximate surface area is 150 Å². The van der Waals surface area contributed by atoms with Crippen LogP contribution in [0, 0.1) is 23.2 Å². The molecule has 2 aromatic rings. The third-order valence-corrected chi connectivity index (χ3v) is 4.50. The van der Waals surface area contributed by atoms with Crippen LogP contribution in [0.25, 0.3) is 0 Å². The summed E-state index contributed by atoms with van der Waals surface area (Å²) in [7, 11) is 0. The summed E-state index contributed by atoms with van der Waals surface area (Å²) >= 11 is 6.06. The lowest BCUT2D eigenvalue weighted by molar-refractivity contribution is -0.125. The summed E-state index contributed by atoms with van der Waals surface area (Å²) in [6.07, 6.45) is 0.526. The number of rotatable bonds is 5. The van der Waals surface area contributed by atoms with Gasteiger partial charge in [0.1, 0.15) is 0 Å². The molecule has 0 radical (unpaired) electrons. The molecule has 126 valence electrons. The van der Waals surface area contributed by atoms with Gasteiger partial charge in [-0.2, -0.15) is 5.26 Å². The van der Waals surface area contributed by atoms with Crippen molar-refractivity contribution in [1.82, 2.24) is 5.32 Å². The molecule has 2 N–H and O–H groups in total. The zero-order valence-electron chi connectivity index (χ0n) is 13.3. The first-order valence-electron chi connectivity index (χ1n) is 7.90. The highest BCUT2D eigenvalue weighted by Crippen LogP contribution is 2.39. The molecule has 0 heterocycles. The van der Waals surface area contributed by atoms with Crippen LogP contribution in [0.3, 0.4) is 0 Å². The van der Waals surface area contributed by atoms with Gasteiger partial charge in [0.2, 0.25) is 11.8 Å². The van der Waals surface area contributed by atoms with Crippen LogP contribution in [0.2, 0.25) is 5.02 Å². The van der Waals surface area contributed by atoms with Crippen molar-refractivity contribution in [2.24, 2.45) is 11.8 Å². The van der Waals surface area contributed by atoms with Crippen molar-refractivity contribution in [3.05, 3.63) is 64.7 Å². The molecule has 0 saturated heterocycles. The number of amides is 2. The summed E-state index contributed by atoms with van der Waals surface area (Å²) in [4.78, 5) is 24.4. The van der Waals surface area contributed by atoms with Gasteiger partial charge in [-0.05, 0) is 36.2 Å². The second kappa shape index (κ2) is 7.37. The highest BCUT2D eigenvalue weighted by atomic mass is 35.5. The third-order valence-electron chi connectivity index (χ3n) is 4.13. The van der Waals surface area contributed by atoms with Gasteiger partial charge in [0, 0.05) is 17.3 Å². The second-order valence-corrected chi connectivity index (χ2v) is 6.35. The first-order valence-corrected chi connectivity index (χ1v) is 8.28. The molecule has 1 aliphatic rings. The Balaban J connectivity index is 1.51. The lowest BCUT2D eigenvalue weighted by Gasteiger charge is -2.07. The quantitative estimate of drug-likeness (QED) is 0.866. The molecule has 2 aromatic carbocycles. The molecule has 6 heteroatoms. The van der Waals surface area contributed by atoms with Crippen LogP contribution in [0.5, 0.6) is 0 Å². The average molecular weight is 354 g/mol. The maximum absolute atomic E-state index is 12.2. The van der Waals surface area contributed by atoms with Gasteiger partial charge < -0.3 is 10.6 Å². The Bertz CT molecular complexity index is 860. The summed E-state index contributed by atoms with van der Waals surface area (Å²) in [6.45, 7) is 0.341. The summed E-state index contributed by atoms with van der Waals surface area (Å²) in [5.74, 6) is -1.00. The molecule has 1 aliphatic carbocycles. The zero-order valence-corrected chi connectivity index (χ0v) is 14.1. The van der Waals surface area contributed by atoms with E-state index in [9.17, 15) is 9.59 Å². The fourth-order valence-corrected chi connectivity index (χ4v) is 2.83. The van der Waals surface area contributed by atoms with Crippen LogP contribution >= 0.6 is 11.6 Å². The molecular formula is C19H16ClN3O2. The molecular weight excluding hydrogens is 338 g/mol. The van der Waals surface area contributed by atoms with Gasteiger partial charge in [-0.3, -0.25) is 9.59 Å². The Hall–Kier alpha value is -2.84. The predicted molar refractivity (Wildman–Crippen MR) is 94.7 cm³/mol. The van der Waals surface area contributed by atoms with E-state index in [1.165, 1.54) is 0 Å². The Morgan fingerprint density at radius 1 is 1.12 bits per heavy atom. The number of halogens is 1. The van der Waals surface area contributed by atoms with Gasteiger partial charge >= 0.3 is 0 Å². The van der Waals surface area contributed by atoms with E-state index in [1.54, 1.807) is 30.3 Å². The van der Waals surface area contributed by atoms with Gasteiger partial charge in [0.25, 0.3) is 0 Å². The van der Waals surface area contributed by atoms with Crippen LogP contribution in [-0.4, -0.2) is 11.8 Å². The normalized spacial score (nSPS) is 18.1. The highest BCUT2D eigenvalue weighted by Gasteiger charge is 2.47. The number of benzene rings is 2. The van der Waals surface area contributed by atoms with Crippen molar-refractivity contribution in [1.29, 1.82) is 5.26 Å². The Morgan fingerprint density at radius 2 is 1.88 bits per heavy atom. The number of nitriles is 1. The molecule has 0 spiro atoms. The summed E-state index contributed by atoms with van der Waals surface area (Å²) in [5, 5.41) is 15.1. The molecule has 0 aliphatic heterocycles. The lowest BCUT2D eigenvalue weighted by atomic mass is 10.2. The average Bonchev–Trinajstić information content (AvgIpc) is 3.42. The monoisotopic (exact) mass is 353 g/mol. The molecule has 3 rings (SSSR count). The number of hydrogen-bond acceptors (Lipinski definition) is 3. The maximum atomic E-state index is 12.2. The molecule has 2 unspecified atom stereocenters. The van der Waals surface area contributed by atoms with Gasteiger partial charge in [0.15, 0.2) is 0 Å². The summed E-state index contributed by atoms with van der Waals surface area (Å²) < 4.78 is 0. The number of hydrogen-bond donors (Lipinski definition) is 2. The maximum Gasteiger partial charge on any atom is 0.228 e. The van der Waals surface area contributed by atoms with E-state index in [-0.39, 0.29) is 23.7 Å². The van der Waals surface area contributed by atoms with Gasteiger partial charge in [-0.15, -0.1) is 0 Å². The molecule has 5 nitrogen and oxygen atoms in total. The van der Waals surface area contributed by atoms with Crippen LogP contribution in [0.4, 0.5) is 5.69 Å². The number of nitrogens with one attached hydrogen (secondary N) is 2. The van der Waals surface area contributed by atoms with Gasteiger partial charge in [-0.1, -0.05) is 35.9 Å². The summed E-state index contributed by atoms with van der Waals surface area (Å²) in [5.41, 5.74) is 1.88. The van der Waals surface area contributed by atoms with Crippen molar-refractivity contribution in [2.75, 3.05) is 5.32 Å². The van der Waals surface area contributed by atoms with E-state index < -0.39 is 0 Å². The molecule has 1 fully saturated rings. The Morgan fingerprint density at radius 3 is 2.64 bits per heavy atom. The van der Waals surface area contributed by atoms with E-state index in [0.717, 1.165) is 5.56 Å². The minimum Gasteiger partial charge on any atom is -0.352 e. The van der Waals surface area contributed by atoms with Crippen LogP contribution in [0.1, 0.15) is 17.5 Å². The zero-order chi connectivity index (χ0) is 17.8. The molecule has 25 heavy (non-hydrogen) atoms. The molecule has 0 bridgehead atoms. The highest BCUT2D eigenvalue weighted by molar-refractivity contribution is 6.31. The third kappa shape index (κ3) is 4.17. The van der Waals surface area contributed by atoms with E-state index >= 15 is 0 Å². The van der Waals surface area contributed by atoms with Crippen molar-refractivity contribution in [3.8, 4) is 6.07 Å². The first-order chi connectivity index (χ1) is 12.1. The minimum atomic E-state index is -0.336. The van der Waals surface area contributed by atoms with Crippen LogP contribution in [-0.2, 0) is 16.1 Å². The van der Waals surface area contributed by atoms with Crippen molar-refractivity contribution in [3.63, 3.8) is 0 Å². The van der Waals surface area contributed by atoms with E-state index in [1.807, 2.05) is 24.3 Å². The molecule has 1 saturated carbocycles. The molecule has 0 aromatic heterocycles. The number of carbonyl (C=O) groups is 2. The number of carbonyl (C=O) groups excluding carboxylic acids is 2. The van der Waals surface area contributed by atoms with Gasteiger partial charge in [-0.25, -0.2) is 0 Å². The SMILES string of the molecule is N#Cc1cccc(NC(=O)C2CC2C(=O)NCc2ccccc2Cl)c1. The largest absolute Gasteiger partial charge is 0.352 e. The van der Waals surface area contributed by atoms with Gasteiger partial charge in [0.05, 0.1) is 23.5 Å². The second-order valence-electron chi connectivity index (χ2n) is 5.94. The molecule has 2 atom stereocenters. The fraction of sp³-hybridized carbons (Fsp3) is 0.211. The van der Waals surface area contributed by atoms with Crippen molar-refractivity contribution < 1.29 is 9.59 Å². The predicted octanol–water partition coefficient (Wildman–Crippen LogP) is 3.10. The minimum absolute atomic E-state index is 0.147. The van der Waals surface area contributed by atoms with E-state index in [0.29, 0.717) is 29.2 Å². The lowest BCUT2D eigenvalue weighted by Crippen LogP contribution is -2.27. The first kappa shape index (κ1) is 17.0. The topological polar surface area (TPSA) is 82.0 Å². The number of nitrogens with zero attached hydrogens (tertiary/aromatic N) is 1. The van der Waals surface area contributed by atoms with E-state index in [2.05, 4.69) is 10.6 Å². The van der Waals surface area contributed by atoms with Crippen LogP contribution < -0.4 is 10.6 Å². The molecule has 2 amide bonds. The van der Waals surface area contributed by atoms with Crippen LogP contribution in [0.15, 0.2) is 48.5 Å². The smallest absolute Gasteiger partial charge is 0.228 e. The Kier molecular flexibility index (Phi) is 5.01. The van der Waals surface area contributed by atoms with E-state index in [4.69, 9.17) is 16.9 Å². The number of anilines is 1. The van der Waals surface area contributed by atoms with Crippen molar-refractivity contribution in [2.45, 2.75) is 13.0 Å².